The maximum Gasteiger partial charge on any atom is 0.337 e. The summed E-state index contributed by atoms with van der Waals surface area (Å²) in [6.45, 7) is 0.289. The van der Waals surface area contributed by atoms with Gasteiger partial charge in [-0.1, -0.05) is 28.1 Å². The summed E-state index contributed by atoms with van der Waals surface area (Å²) in [6.07, 6.45) is 1.75. The topological polar surface area (TPSA) is 67.0 Å². The van der Waals surface area contributed by atoms with Gasteiger partial charge in [0, 0.05) is 16.0 Å². The van der Waals surface area contributed by atoms with Crippen LogP contribution in [0.5, 0.6) is 0 Å². The number of fused-ring (bicyclic) bond motifs is 1. The van der Waals surface area contributed by atoms with E-state index in [-0.39, 0.29) is 18.5 Å². The molecule has 0 radical (unpaired) electrons. The van der Waals surface area contributed by atoms with Crippen molar-refractivity contribution in [3.05, 3.63) is 57.3 Å². The van der Waals surface area contributed by atoms with E-state index in [0.717, 1.165) is 27.1 Å². The highest BCUT2D eigenvalue weighted by atomic mass is 79.9. The molecule has 6 heteroatoms. The number of esters is 1. The van der Waals surface area contributed by atoms with Crippen molar-refractivity contribution in [1.29, 1.82) is 0 Å². The fraction of sp³-hybridized carbons (Fsp3) is 0.143. The molecule has 1 aromatic heterocycles. The number of hydrogen-bond acceptors (Lipinski definition) is 4. The molecule has 0 spiro atoms. The van der Waals surface area contributed by atoms with Crippen LogP contribution in [0.25, 0.3) is 0 Å². The minimum atomic E-state index is -0.260. The highest BCUT2D eigenvalue weighted by Gasteiger charge is 2.39. The Balaban J connectivity index is 1.93. The van der Waals surface area contributed by atoms with E-state index < -0.39 is 0 Å². The third kappa shape index (κ3) is 1.61. The van der Waals surface area contributed by atoms with E-state index in [1.165, 1.54) is 0 Å². The second-order valence-electron chi connectivity index (χ2n) is 4.78. The summed E-state index contributed by atoms with van der Waals surface area (Å²) < 4.78 is 6.14. The largest absolute Gasteiger partial charge is 0.456 e. The number of benzene rings is 1. The van der Waals surface area contributed by atoms with Crippen LogP contribution in [0.1, 0.15) is 17.0 Å². The van der Waals surface area contributed by atoms with Crippen LogP contribution in [0.2, 0.25) is 0 Å². The van der Waals surface area contributed by atoms with Gasteiger partial charge in [0.25, 0.3) is 0 Å². The number of nitrogens with one attached hydrogen (secondary N) is 2. The Morgan fingerprint density at radius 2 is 2.30 bits per heavy atom. The van der Waals surface area contributed by atoms with Crippen LogP contribution >= 0.6 is 15.9 Å². The van der Waals surface area contributed by atoms with Crippen molar-refractivity contribution >= 4 is 27.7 Å². The molecule has 0 aliphatic carbocycles. The average Bonchev–Trinajstić information content (AvgIpc) is 3.04. The minimum absolute atomic E-state index is 0.146. The molecule has 2 aliphatic heterocycles. The molecule has 3 heterocycles. The number of aromatic amines is 1. The number of H-pyrrole nitrogens is 1. The molecule has 0 unspecified atom stereocenters. The van der Waals surface area contributed by atoms with Crippen LogP contribution in [0.4, 0.5) is 5.82 Å². The van der Waals surface area contributed by atoms with Crippen LogP contribution in [-0.2, 0) is 9.53 Å². The van der Waals surface area contributed by atoms with Gasteiger partial charge in [0.15, 0.2) is 0 Å². The standard InChI is InChI=1S/C14H10BrN3O2/c15-8-3-1-2-7(4-8)11-9-5-16-18-13(9)17-10-6-20-14(19)12(10)11/h1-5,11H,6H2,(H2,16,17,18)/t11-/m1/s1. The predicted molar refractivity (Wildman–Crippen MR) is 76.2 cm³/mol. The number of aromatic nitrogens is 2. The van der Waals surface area contributed by atoms with Gasteiger partial charge in [-0.15, -0.1) is 0 Å². The number of hydrogen-bond donors (Lipinski definition) is 2. The smallest absolute Gasteiger partial charge is 0.337 e. The predicted octanol–water partition coefficient (Wildman–Crippen LogP) is 2.54. The van der Waals surface area contributed by atoms with E-state index in [1.54, 1.807) is 6.20 Å². The second-order valence-corrected chi connectivity index (χ2v) is 5.70. The van der Waals surface area contributed by atoms with Crippen LogP contribution in [0.15, 0.2) is 46.2 Å². The Morgan fingerprint density at radius 3 is 3.15 bits per heavy atom. The SMILES string of the molecule is O=C1OCC2=C1[C@H](c1cccc(Br)c1)c1cn[nH]c1N2. The molecule has 0 saturated carbocycles. The summed E-state index contributed by atoms with van der Waals surface area (Å²) >= 11 is 3.48. The number of rotatable bonds is 1. The molecule has 2 N–H and O–H groups in total. The number of carbonyl (C=O) groups is 1. The molecule has 2 aliphatic rings. The fourth-order valence-electron chi connectivity index (χ4n) is 2.77. The van der Waals surface area contributed by atoms with Gasteiger partial charge in [-0.25, -0.2) is 4.79 Å². The van der Waals surface area contributed by atoms with Gasteiger partial charge >= 0.3 is 5.97 Å². The fourth-order valence-corrected chi connectivity index (χ4v) is 3.18. The van der Waals surface area contributed by atoms with Crippen molar-refractivity contribution in [1.82, 2.24) is 10.2 Å². The number of carbonyl (C=O) groups excluding carboxylic acids is 1. The van der Waals surface area contributed by atoms with Crippen LogP contribution in [0, 0.1) is 0 Å². The lowest BCUT2D eigenvalue weighted by Gasteiger charge is -2.23. The summed E-state index contributed by atoms with van der Waals surface area (Å²) in [6, 6.07) is 7.95. The molecular weight excluding hydrogens is 322 g/mol. The molecule has 20 heavy (non-hydrogen) atoms. The van der Waals surface area contributed by atoms with E-state index >= 15 is 0 Å². The van der Waals surface area contributed by atoms with Crippen LogP contribution in [-0.4, -0.2) is 22.8 Å². The third-order valence-corrected chi connectivity index (χ3v) is 4.11. The zero-order chi connectivity index (χ0) is 13.7. The molecule has 1 atom stereocenters. The zero-order valence-corrected chi connectivity index (χ0v) is 11.9. The van der Waals surface area contributed by atoms with Crippen LogP contribution < -0.4 is 5.32 Å². The number of anilines is 1. The first-order valence-corrected chi connectivity index (χ1v) is 6.99. The first kappa shape index (κ1) is 11.7. The highest BCUT2D eigenvalue weighted by Crippen LogP contribution is 2.43. The molecule has 0 bridgehead atoms. The first-order chi connectivity index (χ1) is 9.74. The Kier molecular flexibility index (Phi) is 2.47. The molecule has 0 fully saturated rings. The van der Waals surface area contributed by atoms with Crippen molar-refractivity contribution in [2.75, 3.05) is 11.9 Å². The van der Waals surface area contributed by atoms with Gasteiger partial charge in [0.05, 0.1) is 17.5 Å². The van der Waals surface area contributed by atoms with Gasteiger partial charge in [-0.05, 0) is 17.7 Å². The number of cyclic esters (lactones) is 1. The van der Waals surface area contributed by atoms with Gasteiger partial charge in [-0.3, -0.25) is 5.10 Å². The van der Waals surface area contributed by atoms with Gasteiger partial charge < -0.3 is 10.1 Å². The normalized spacial score (nSPS) is 20.2. The lowest BCUT2D eigenvalue weighted by Crippen LogP contribution is -2.19. The Morgan fingerprint density at radius 1 is 1.40 bits per heavy atom. The molecule has 0 saturated heterocycles. The number of nitrogens with zero attached hydrogens (tertiary/aromatic N) is 1. The van der Waals surface area contributed by atoms with Crippen LogP contribution in [0.3, 0.4) is 0 Å². The Bertz CT molecular complexity index is 750. The Labute approximate surface area is 123 Å². The molecule has 100 valence electrons. The van der Waals surface area contributed by atoms with Crippen molar-refractivity contribution in [2.45, 2.75) is 5.92 Å². The summed E-state index contributed by atoms with van der Waals surface area (Å²) in [4.78, 5) is 12.0. The van der Waals surface area contributed by atoms with E-state index in [9.17, 15) is 4.79 Å². The molecule has 1 aromatic carbocycles. The number of ether oxygens (including phenoxy) is 1. The summed E-state index contributed by atoms with van der Waals surface area (Å²) in [7, 11) is 0. The van der Waals surface area contributed by atoms with Crippen molar-refractivity contribution in [3.8, 4) is 0 Å². The van der Waals surface area contributed by atoms with Crippen molar-refractivity contribution in [3.63, 3.8) is 0 Å². The summed E-state index contributed by atoms with van der Waals surface area (Å²) in [5, 5.41) is 10.2. The van der Waals surface area contributed by atoms with Crippen molar-refractivity contribution < 1.29 is 9.53 Å². The van der Waals surface area contributed by atoms with Gasteiger partial charge in [0.1, 0.15) is 12.4 Å². The minimum Gasteiger partial charge on any atom is -0.456 e. The molecule has 0 amide bonds. The van der Waals surface area contributed by atoms with Gasteiger partial charge in [-0.2, -0.15) is 5.10 Å². The lowest BCUT2D eigenvalue weighted by molar-refractivity contribution is -0.136. The molecule has 4 rings (SSSR count). The Hall–Kier alpha value is -2.08. The second kappa shape index (κ2) is 4.21. The highest BCUT2D eigenvalue weighted by molar-refractivity contribution is 9.10. The van der Waals surface area contributed by atoms with Crippen molar-refractivity contribution in [2.24, 2.45) is 0 Å². The number of halogens is 1. The van der Waals surface area contributed by atoms with Gasteiger partial charge in [0.2, 0.25) is 0 Å². The maximum absolute atomic E-state index is 12.0. The maximum atomic E-state index is 12.0. The van der Waals surface area contributed by atoms with E-state index in [0.29, 0.717) is 5.57 Å². The monoisotopic (exact) mass is 331 g/mol. The van der Waals surface area contributed by atoms with E-state index in [4.69, 9.17) is 4.74 Å². The summed E-state index contributed by atoms with van der Waals surface area (Å²) in [5.41, 5.74) is 3.49. The lowest BCUT2D eigenvalue weighted by atomic mass is 9.83. The zero-order valence-electron chi connectivity index (χ0n) is 10.3. The average molecular weight is 332 g/mol. The summed E-state index contributed by atoms with van der Waals surface area (Å²) in [5.74, 6) is 0.420. The molecular formula is C14H10BrN3O2. The van der Waals surface area contributed by atoms with E-state index in [1.807, 2.05) is 24.3 Å². The first-order valence-electron chi connectivity index (χ1n) is 6.20. The molecule has 2 aromatic rings. The van der Waals surface area contributed by atoms with E-state index in [2.05, 4.69) is 31.4 Å². The third-order valence-electron chi connectivity index (χ3n) is 3.62. The quantitative estimate of drug-likeness (QED) is 0.788. The molecule has 5 nitrogen and oxygen atoms in total.